The molecule has 0 radical (unpaired) electrons. The van der Waals surface area contributed by atoms with Crippen LogP contribution in [0.25, 0.3) is 0 Å². The lowest BCUT2D eigenvalue weighted by molar-refractivity contribution is -0.124. The molecule has 2 fully saturated rings. The lowest BCUT2D eigenvalue weighted by atomic mass is 9.70. The molecule has 7 rings (SSSR count). The quantitative estimate of drug-likeness (QED) is 0.0575. The number of ether oxygens (including phenoxy) is 3. The van der Waals surface area contributed by atoms with E-state index in [9.17, 15) is 28.8 Å². The van der Waals surface area contributed by atoms with Gasteiger partial charge in [-0.3, -0.25) is 14.4 Å². The number of carbonyl (C=O) groups excluding carboxylic acids is 6. The molecular formula is C58H71BrN2O9. The fourth-order valence-electron chi connectivity index (χ4n) is 7.06. The molecule has 70 heavy (non-hydrogen) atoms. The van der Waals surface area contributed by atoms with Crippen LogP contribution in [-0.4, -0.2) is 79.2 Å². The van der Waals surface area contributed by atoms with Crippen molar-refractivity contribution in [2.24, 2.45) is 11.8 Å². The van der Waals surface area contributed by atoms with E-state index in [1.807, 2.05) is 72.8 Å². The van der Waals surface area contributed by atoms with Crippen LogP contribution in [0.5, 0.6) is 11.5 Å². The Labute approximate surface area is 423 Å². The van der Waals surface area contributed by atoms with Gasteiger partial charge in [0.2, 0.25) is 0 Å². The van der Waals surface area contributed by atoms with Gasteiger partial charge in [0, 0.05) is 60.1 Å². The Balaban J connectivity index is 0.000000232. The van der Waals surface area contributed by atoms with Gasteiger partial charge in [-0.25, -0.2) is 4.98 Å². The second-order valence-corrected chi connectivity index (χ2v) is 18.3. The molecule has 0 spiro atoms. The maximum atomic E-state index is 11.1. The fourth-order valence-corrected chi connectivity index (χ4v) is 7.32. The van der Waals surface area contributed by atoms with E-state index in [-0.39, 0.29) is 28.9 Å². The van der Waals surface area contributed by atoms with Gasteiger partial charge in [0.25, 0.3) is 0 Å². The third-order valence-corrected chi connectivity index (χ3v) is 11.8. The number of nitrogens with zero attached hydrogens (tertiary/aromatic N) is 2. The molecule has 0 amide bonds. The van der Waals surface area contributed by atoms with Crippen LogP contribution in [0, 0.1) is 11.8 Å². The summed E-state index contributed by atoms with van der Waals surface area (Å²) in [6, 6.07) is 39.0. The highest BCUT2D eigenvalue weighted by Crippen LogP contribution is 2.36. The summed E-state index contributed by atoms with van der Waals surface area (Å²) in [5.41, 5.74) is 3.98. The summed E-state index contributed by atoms with van der Waals surface area (Å²) < 4.78 is 17.2. The average Bonchev–Trinajstić information content (AvgIpc) is 3.34. The number of hydrogen-bond acceptors (Lipinski definition) is 11. The highest BCUT2D eigenvalue weighted by molar-refractivity contribution is 9.10. The molecule has 1 aliphatic heterocycles. The molecule has 0 bridgehead atoms. The molecule has 0 unspecified atom stereocenters. The number of benzene rings is 4. The van der Waals surface area contributed by atoms with Gasteiger partial charge in [0.05, 0.1) is 26.4 Å². The van der Waals surface area contributed by atoms with Gasteiger partial charge < -0.3 is 33.5 Å². The smallest absolute Gasteiger partial charge is 0.161 e. The largest absolute Gasteiger partial charge is 0.494 e. The number of aromatic nitrogens is 1. The van der Waals surface area contributed by atoms with Crippen LogP contribution in [0.1, 0.15) is 118 Å². The van der Waals surface area contributed by atoms with Gasteiger partial charge in [-0.05, 0) is 158 Å². The summed E-state index contributed by atoms with van der Waals surface area (Å²) in [7, 11) is 0. The van der Waals surface area contributed by atoms with Crippen molar-refractivity contribution >= 4 is 56.4 Å². The number of halogens is 1. The van der Waals surface area contributed by atoms with E-state index in [1.54, 1.807) is 65.1 Å². The summed E-state index contributed by atoms with van der Waals surface area (Å²) in [6.07, 6.45) is 9.16. The normalized spacial score (nSPS) is 14.4. The van der Waals surface area contributed by atoms with E-state index in [2.05, 4.69) is 50.1 Å². The van der Waals surface area contributed by atoms with Crippen LogP contribution in [0.15, 0.2) is 132 Å². The van der Waals surface area contributed by atoms with Crippen LogP contribution < -0.4 is 14.4 Å². The molecule has 1 saturated heterocycles. The van der Waals surface area contributed by atoms with Crippen molar-refractivity contribution < 1.29 is 43.0 Å². The summed E-state index contributed by atoms with van der Waals surface area (Å²) in [5.74, 6) is 4.71. The predicted molar refractivity (Wildman–Crippen MR) is 281 cm³/mol. The van der Waals surface area contributed by atoms with Crippen molar-refractivity contribution in [2.75, 3.05) is 44.4 Å². The Morgan fingerprint density at radius 3 is 1.50 bits per heavy atom. The standard InChI is InChI=1S/C13H16O3.C13H16O.C11H13BrO2.C11H14N2O2.C10H12O/c1-10(14)4-3-9-16-13-7-5-12(6-8-13)11(2)15;1-10(14)13-8-12(9-13)7-11-5-3-2-4-6-11;1-9(13)3-2-8-14-11-6-4-10(12)5-7-11;1-9(14)10-2-3-11(12-8-10)13-4-6-15-7-5-13;1-9(11)7-8-10-5-3-2-4-6-10/h5-8H,3-4,9H2,1-2H3;2-6,12-13H,7-9H2,1H3;4-7H,2-3,8H2,1H3;2-3,8H,4-7H2,1H3;2-6H,7-8H2,1H3. The maximum Gasteiger partial charge on any atom is 0.161 e. The van der Waals surface area contributed by atoms with Crippen LogP contribution in [-0.2, 0) is 36.8 Å². The summed E-state index contributed by atoms with van der Waals surface area (Å²) in [6.45, 7) is 13.9. The zero-order valence-electron chi connectivity index (χ0n) is 41.8. The number of aryl methyl sites for hydroxylation is 1. The SMILES string of the molecule is CC(=O)C1CC(Cc2ccccc2)C1.CC(=O)CCCOc1ccc(Br)cc1.CC(=O)CCCOc1ccc(C(C)=O)cc1.CC(=O)CCc1ccccc1.CC(=O)c1ccc(N2CCOCC2)nc1. The number of ketones is 6. The lowest BCUT2D eigenvalue weighted by Gasteiger charge is -2.33. The third-order valence-electron chi connectivity index (χ3n) is 11.2. The number of anilines is 1. The monoisotopic (exact) mass is 1020 g/mol. The number of morpholine rings is 1. The van der Waals surface area contributed by atoms with Gasteiger partial charge in [0.1, 0.15) is 40.4 Å². The number of hydrogen-bond donors (Lipinski definition) is 0. The molecule has 374 valence electrons. The van der Waals surface area contributed by atoms with Crippen molar-refractivity contribution in [3.8, 4) is 11.5 Å². The third kappa shape index (κ3) is 25.5. The molecule has 11 nitrogen and oxygen atoms in total. The minimum Gasteiger partial charge on any atom is -0.494 e. The van der Waals surface area contributed by atoms with Crippen LogP contribution >= 0.6 is 15.9 Å². The highest BCUT2D eigenvalue weighted by atomic mass is 79.9. The van der Waals surface area contributed by atoms with Gasteiger partial charge in [-0.15, -0.1) is 0 Å². The second-order valence-electron chi connectivity index (χ2n) is 17.4. The van der Waals surface area contributed by atoms with E-state index >= 15 is 0 Å². The Morgan fingerprint density at radius 1 is 0.586 bits per heavy atom. The molecule has 1 saturated carbocycles. The lowest BCUT2D eigenvalue weighted by Crippen LogP contribution is -2.36. The number of Topliss-reactive ketones (excluding diaryl/α,β-unsaturated/α-hetero) is 6. The van der Waals surface area contributed by atoms with Gasteiger partial charge >= 0.3 is 0 Å². The Morgan fingerprint density at radius 2 is 1.06 bits per heavy atom. The van der Waals surface area contributed by atoms with Crippen molar-refractivity contribution in [3.05, 3.63) is 154 Å². The van der Waals surface area contributed by atoms with Crippen LogP contribution in [0.3, 0.4) is 0 Å². The van der Waals surface area contributed by atoms with E-state index < -0.39 is 0 Å². The Bertz CT molecular complexity index is 2310. The number of rotatable bonds is 19. The van der Waals surface area contributed by atoms with Crippen LogP contribution in [0.4, 0.5) is 5.82 Å². The Kier molecular flexibility index (Phi) is 27.8. The topological polar surface area (TPSA) is 146 Å². The molecular weight excluding hydrogens is 949 g/mol. The van der Waals surface area contributed by atoms with Crippen LogP contribution in [0.2, 0.25) is 0 Å². The first-order chi connectivity index (χ1) is 33.6. The maximum absolute atomic E-state index is 11.1. The molecule has 2 heterocycles. The van der Waals surface area contributed by atoms with E-state index in [0.29, 0.717) is 55.3 Å². The second kappa shape index (κ2) is 33.4. The number of pyridine rings is 1. The molecule has 5 aromatic rings. The minimum absolute atomic E-state index is 0.0446. The first-order valence-corrected chi connectivity index (χ1v) is 24.9. The minimum atomic E-state index is 0.0446. The molecule has 1 aliphatic carbocycles. The first-order valence-electron chi connectivity index (χ1n) is 24.1. The molecule has 0 atom stereocenters. The first kappa shape index (κ1) is 58.2. The zero-order valence-corrected chi connectivity index (χ0v) is 43.4. The zero-order chi connectivity index (χ0) is 51.1. The molecule has 4 aromatic carbocycles. The summed E-state index contributed by atoms with van der Waals surface area (Å²) in [4.78, 5) is 71.5. The fraction of sp³-hybridized carbons (Fsp3) is 0.397. The van der Waals surface area contributed by atoms with Crippen molar-refractivity contribution in [2.45, 2.75) is 99.3 Å². The van der Waals surface area contributed by atoms with Gasteiger partial charge in [0.15, 0.2) is 11.6 Å². The molecule has 12 heteroatoms. The average molecular weight is 1020 g/mol. The summed E-state index contributed by atoms with van der Waals surface area (Å²) in [5, 5.41) is 0. The molecule has 2 aliphatic rings. The Hall–Kier alpha value is -6.11. The van der Waals surface area contributed by atoms with E-state index in [1.165, 1.54) is 18.1 Å². The number of carbonyl (C=O) groups is 6. The van der Waals surface area contributed by atoms with Crippen molar-refractivity contribution in [1.29, 1.82) is 0 Å². The van der Waals surface area contributed by atoms with E-state index in [4.69, 9.17) is 14.2 Å². The molecule has 0 N–H and O–H groups in total. The van der Waals surface area contributed by atoms with Gasteiger partial charge in [-0.2, -0.15) is 0 Å². The predicted octanol–water partition coefficient (Wildman–Crippen LogP) is 12.0. The van der Waals surface area contributed by atoms with Gasteiger partial charge in [-0.1, -0.05) is 76.6 Å². The molecule has 1 aromatic heterocycles. The van der Waals surface area contributed by atoms with Crippen molar-refractivity contribution in [3.63, 3.8) is 0 Å². The van der Waals surface area contributed by atoms with Crippen molar-refractivity contribution in [1.82, 2.24) is 4.98 Å². The highest BCUT2D eigenvalue weighted by Gasteiger charge is 2.31. The summed E-state index contributed by atoms with van der Waals surface area (Å²) >= 11 is 3.35. The van der Waals surface area contributed by atoms with E-state index in [0.717, 1.165) is 92.5 Å².